The van der Waals surface area contributed by atoms with Crippen LogP contribution in [-0.4, -0.2) is 16.3 Å². The van der Waals surface area contributed by atoms with Crippen LogP contribution in [0.4, 0.5) is 5.69 Å². The van der Waals surface area contributed by atoms with Gasteiger partial charge in [-0.2, -0.15) is 5.23 Å². The predicted molar refractivity (Wildman–Crippen MR) is 39.2 cm³/mol. The third kappa shape index (κ3) is 1.79. The van der Waals surface area contributed by atoms with E-state index in [2.05, 4.69) is 0 Å². The summed E-state index contributed by atoms with van der Waals surface area (Å²) in [4.78, 5) is 10.4. The number of nitrogens with one attached hydrogen (secondary N) is 1. The Kier molecular flexibility index (Phi) is 2.39. The van der Waals surface area contributed by atoms with Crippen LogP contribution in [-0.2, 0) is 0 Å². The lowest BCUT2D eigenvalue weighted by molar-refractivity contribution is -0.991. The van der Waals surface area contributed by atoms with Crippen LogP contribution in [0.3, 0.4) is 0 Å². The third-order valence-electron chi connectivity index (χ3n) is 1.36. The summed E-state index contributed by atoms with van der Waals surface area (Å²) in [6.45, 7) is 0. The predicted octanol–water partition coefficient (Wildman–Crippen LogP) is -0.212. The third-order valence-corrected chi connectivity index (χ3v) is 1.36. The lowest BCUT2D eigenvalue weighted by Crippen LogP contribution is -2.99. The normalized spacial score (nSPS) is 12.5. The minimum atomic E-state index is -1.13. The molecular weight excluding hydrogens is 162 g/mol. The molecule has 0 saturated heterocycles. The molecule has 0 aliphatic carbocycles. The monoisotopic (exact) mass is 169 g/mol. The molecule has 5 nitrogen and oxygen atoms in total. The lowest BCUT2D eigenvalue weighted by atomic mass is 10.2. The number of aromatic carboxylic acids is 1. The molecule has 1 aromatic carbocycles. The molecule has 64 valence electrons. The molecule has 5 heteroatoms. The van der Waals surface area contributed by atoms with Gasteiger partial charge in [-0.3, -0.25) is 0 Å². The standard InChI is InChI=1S/C7H7NO4/c9-7(10)5-2-1-3-6(4-5)8(11)12/h1-4,8,11H,(H,9,10). The highest BCUT2D eigenvalue weighted by molar-refractivity contribution is 5.88. The lowest BCUT2D eigenvalue weighted by Gasteiger charge is -2.10. The average molecular weight is 169 g/mol. The number of carboxylic acid groups (broad SMARTS) is 1. The first-order chi connectivity index (χ1) is 5.61. The molecule has 0 spiro atoms. The second-order valence-electron chi connectivity index (χ2n) is 2.19. The first kappa shape index (κ1) is 8.66. The van der Waals surface area contributed by atoms with E-state index in [1.165, 1.54) is 18.2 Å². The van der Waals surface area contributed by atoms with Crippen LogP contribution in [0.5, 0.6) is 0 Å². The van der Waals surface area contributed by atoms with Crippen molar-refractivity contribution in [1.82, 2.24) is 0 Å². The number of hydrogen-bond acceptors (Lipinski definition) is 3. The van der Waals surface area contributed by atoms with Gasteiger partial charge < -0.3 is 10.3 Å². The van der Waals surface area contributed by atoms with E-state index in [0.717, 1.165) is 6.07 Å². The fourth-order valence-electron chi connectivity index (χ4n) is 0.785. The van der Waals surface area contributed by atoms with Crippen LogP contribution in [0.2, 0.25) is 0 Å². The van der Waals surface area contributed by atoms with Crippen LogP contribution in [0.15, 0.2) is 24.3 Å². The number of rotatable bonds is 2. The summed E-state index contributed by atoms with van der Waals surface area (Å²) in [7, 11) is 0. The summed E-state index contributed by atoms with van der Waals surface area (Å²) in [5.41, 5.74) is -0.0372. The molecule has 1 unspecified atom stereocenters. The highest BCUT2D eigenvalue weighted by atomic mass is 16.8. The number of quaternary nitrogens is 1. The molecule has 0 fully saturated rings. The Morgan fingerprint density at radius 1 is 1.50 bits per heavy atom. The zero-order chi connectivity index (χ0) is 9.14. The molecule has 1 atom stereocenters. The Morgan fingerprint density at radius 3 is 2.67 bits per heavy atom. The summed E-state index contributed by atoms with van der Waals surface area (Å²) in [6, 6.07) is 5.20. The fourth-order valence-corrected chi connectivity index (χ4v) is 0.785. The van der Waals surface area contributed by atoms with Crippen molar-refractivity contribution in [2.24, 2.45) is 0 Å². The molecule has 0 aliphatic heterocycles. The van der Waals surface area contributed by atoms with Crippen LogP contribution in [0.25, 0.3) is 0 Å². The minimum absolute atomic E-state index is 0.0186. The summed E-state index contributed by atoms with van der Waals surface area (Å²) in [6.07, 6.45) is 0. The van der Waals surface area contributed by atoms with Crippen molar-refractivity contribution >= 4 is 11.7 Å². The molecule has 0 heterocycles. The molecule has 1 aromatic rings. The first-order valence-corrected chi connectivity index (χ1v) is 3.18. The van der Waals surface area contributed by atoms with Gasteiger partial charge in [0.15, 0.2) is 5.69 Å². The number of hydrogen-bond donors (Lipinski definition) is 3. The number of carboxylic acids is 1. The first-order valence-electron chi connectivity index (χ1n) is 3.18. The molecule has 0 aromatic heterocycles. The van der Waals surface area contributed by atoms with Gasteiger partial charge in [-0.05, 0) is 6.07 Å². The van der Waals surface area contributed by atoms with Crippen molar-refractivity contribution in [3.05, 3.63) is 35.0 Å². The van der Waals surface area contributed by atoms with Gasteiger partial charge in [0, 0.05) is 12.1 Å². The van der Waals surface area contributed by atoms with Gasteiger partial charge in [0.2, 0.25) is 0 Å². The average Bonchev–Trinajstić information content (AvgIpc) is 2.04. The van der Waals surface area contributed by atoms with E-state index in [0.29, 0.717) is 0 Å². The van der Waals surface area contributed by atoms with Crippen molar-refractivity contribution in [3.63, 3.8) is 0 Å². The van der Waals surface area contributed by atoms with Gasteiger partial charge in [-0.1, -0.05) is 6.07 Å². The van der Waals surface area contributed by atoms with Gasteiger partial charge in [-0.15, -0.1) is 0 Å². The van der Waals surface area contributed by atoms with Crippen LogP contribution in [0, 0.1) is 5.21 Å². The summed E-state index contributed by atoms with van der Waals surface area (Å²) in [5, 5.41) is 26.3. The van der Waals surface area contributed by atoms with E-state index in [-0.39, 0.29) is 11.3 Å². The second-order valence-corrected chi connectivity index (χ2v) is 2.19. The highest BCUT2D eigenvalue weighted by Gasteiger charge is 2.05. The van der Waals surface area contributed by atoms with Gasteiger partial charge >= 0.3 is 5.97 Å². The van der Waals surface area contributed by atoms with Crippen LogP contribution >= 0.6 is 0 Å². The summed E-state index contributed by atoms with van der Waals surface area (Å²) in [5.74, 6) is -1.13. The Bertz CT molecular complexity index is 297. The molecular formula is C7H7NO4. The van der Waals surface area contributed by atoms with E-state index in [1.54, 1.807) is 0 Å². The zero-order valence-electron chi connectivity index (χ0n) is 6.02. The van der Waals surface area contributed by atoms with Gasteiger partial charge in [0.25, 0.3) is 0 Å². The van der Waals surface area contributed by atoms with E-state index in [1.807, 2.05) is 0 Å². The molecule has 0 aliphatic rings. The van der Waals surface area contributed by atoms with Crippen molar-refractivity contribution < 1.29 is 20.3 Å². The molecule has 0 amide bonds. The van der Waals surface area contributed by atoms with E-state index < -0.39 is 11.2 Å². The quantitative estimate of drug-likeness (QED) is 0.534. The molecule has 0 saturated carbocycles. The smallest absolute Gasteiger partial charge is 0.335 e. The largest absolute Gasteiger partial charge is 0.595 e. The number of benzene rings is 1. The van der Waals surface area contributed by atoms with Gasteiger partial charge in [0.1, 0.15) is 0 Å². The van der Waals surface area contributed by atoms with Crippen LogP contribution < -0.4 is 5.23 Å². The SMILES string of the molecule is O=C(O)c1cccc([NH+]([O-])O)c1. The topological polar surface area (TPSA) is 85.0 Å². The maximum Gasteiger partial charge on any atom is 0.335 e. The van der Waals surface area contributed by atoms with E-state index in [4.69, 9.17) is 10.3 Å². The fraction of sp³-hybridized carbons (Fsp3) is 0. The van der Waals surface area contributed by atoms with E-state index in [9.17, 15) is 10.0 Å². The Hall–Kier alpha value is -1.43. The Balaban J connectivity index is 3.04. The molecule has 12 heavy (non-hydrogen) atoms. The van der Waals surface area contributed by atoms with Crippen molar-refractivity contribution in [2.75, 3.05) is 0 Å². The van der Waals surface area contributed by atoms with E-state index >= 15 is 0 Å². The maximum absolute atomic E-state index is 10.4. The van der Waals surface area contributed by atoms with Crippen molar-refractivity contribution in [3.8, 4) is 0 Å². The summed E-state index contributed by atoms with van der Waals surface area (Å²) < 4.78 is 0. The molecule has 1 rings (SSSR count). The second kappa shape index (κ2) is 3.31. The molecule has 0 bridgehead atoms. The zero-order valence-corrected chi connectivity index (χ0v) is 6.02. The van der Waals surface area contributed by atoms with Crippen molar-refractivity contribution in [1.29, 1.82) is 0 Å². The number of carbonyl (C=O) groups is 1. The van der Waals surface area contributed by atoms with Gasteiger partial charge in [0.05, 0.1) is 5.56 Å². The Morgan fingerprint density at radius 2 is 2.17 bits per heavy atom. The van der Waals surface area contributed by atoms with Gasteiger partial charge in [-0.25, -0.2) is 10.0 Å². The molecule has 3 N–H and O–H groups in total. The summed E-state index contributed by atoms with van der Waals surface area (Å²) >= 11 is 0. The molecule has 0 radical (unpaired) electrons. The highest BCUT2D eigenvalue weighted by Crippen LogP contribution is 2.05. The minimum Gasteiger partial charge on any atom is -0.595 e. The van der Waals surface area contributed by atoms with Crippen molar-refractivity contribution in [2.45, 2.75) is 0 Å². The Labute approximate surface area is 68.0 Å². The maximum atomic E-state index is 10.4. The van der Waals surface area contributed by atoms with Crippen LogP contribution in [0.1, 0.15) is 10.4 Å².